The highest BCUT2D eigenvalue weighted by atomic mass is 32.1. The topological polar surface area (TPSA) is 78.4 Å². The third-order valence-corrected chi connectivity index (χ3v) is 4.83. The molecule has 0 aliphatic carbocycles. The number of thiophene rings is 1. The molecule has 1 aromatic carbocycles. The number of hydrogen-bond donors (Lipinski definition) is 0. The van der Waals surface area contributed by atoms with E-state index in [1.54, 1.807) is 13.2 Å². The van der Waals surface area contributed by atoms with Gasteiger partial charge in [0.25, 0.3) is 11.8 Å². The molecular weight excluding hydrogens is 352 g/mol. The van der Waals surface area contributed by atoms with Gasteiger partial charge in [-0.05, 0) is 36.9 Å². The first-order valence-electron chi connectivity index (χ1n) is 8.13. The van der Waals surface area contributed by atoms with Crippen molar-refractivity contribution in [3.63, 3.8) is 0 Å². The lowest BCUT2D eigenvalue weighted by atomic mass is 10.1. The third-order valence-electron chi connectivity index (χ3n) is 3.97. The first-order valence-corrected chi connectivity index (χ1v) is 9.01. The molecule has 0 fully saturated rings. The van der Waals surface area contributed by atoms with Gasteiger partial charge in [-0.1, -0.05) is 18.2 Å². The second-order valence-corrected chi connectivity index (χ2v) is 6.94. The normalized spacial score (nSPS) is 12.4. The average molecular weight is 368 g/mol. The van der Waals surface area contributed by atoms with Crippen LogP contribution in [-0.4, -0.2) is 16.2 Å². The first kappa shape index (κ1) is 16.5. The monoisotopic (exact) mass is 368 g/mol. The number of nitrogens with zero attached hydrogens (tertiary/aromatic N) is 2. The second kappa shape index (κ2) is 6.76. The maximum absolute atomic E-state index is 12.3. The lowest BCUT2D eigenvalue weighted by Crippen LogP contribution is -2.11. The lowest BCUT2D eigenvalue weighted by Gasteiger charge is -2.08. The molecule has 4 aromatic rings. The first-order chi connectivity index (χ1) is 12.6. The summed E-state index contributed by atoms with van der Waals surface area (Å²) in [5.74, 6) is 0.320. The Morgan fingerprint density at radius 1 is 1.31 bits per heavy atom. The molecule has 0 aliphatic heterocycles. The van der Waals surface area contributed by atoms with Gasteiger partial charge in [0.05, 0.1) is 17.6 Å². The minimum absolute atomic E-state index is 0.117. The molecule has 6 nitrogen and oxygen atoms in total. The summed E-state index contributed by atoms with van der Waals surface area (Å²) < 4.78 is 16.6. The Labute approximate surface area is 153 Å². The molecule has 1 atom stereocenters. The molecule has 4 rings (SSSR count). The van der Waals surface area contributed by atoms with E-state index in [4.69, 9.17) is 13.6 Å². The standard InChI is InChI=1S/C19H16N2O4S/c1-11-5-6-14-13(10-23-15(14)8-11)9-17(22)24-12(2)18-20-21-19(25-18)16-4-3-7-26-16/h3-8,10,12H,9H2,1-2H3/t12-/m0/s1. The molecule has 0 saturated carbocycles. The van der Waals surface area contributed by atoms with Gasteiger partial charge in [-0.25, -0.2) is 0 Å². The number of carbonyl (C=O) groups is 1. The molecule has 132 valence electrons. The Hall–Kier alpha value is -2.93. The van der Waals surface area contributed by atoms with Crippen molar-refractivity contribution in [2.75, 3.05) is 0 Å². The fraction of sp³-hybridized carbons (Fsp3) is 0.211. The van der Waals surface area contributed by atoms with Crippen molar-refractivity contribution in [1.29, 1.82) is 0 Å². The number of benzene rings is 1. The second-order valence-electron chi connectivity index (χ2n) is 5.99. The smallest absolute Gasteiger partial charge is 0.311 e. The predicted octanol–water partition coefficient (Wildman–Crippen LogP) is 4.70. The fourth-order valence-corrected chi connectivity index (χ4v) is 3.31. The van der Waals surface area contributed by atoms with E-state index < -0.39 is 6.10 Å². The zero-order chi connectivity index (χ0) is 18.1. The van der Waals surface area contributed by atoms with E-state index in [0.29, 0.717) is 5.89 Å². The van der Waals surface area contributed by atoms with Crippen LogP contribution >= 0.6 is 11.3 Å². The van der Waals surface area contributed by atoms with Crippen LogP contribution in [0.15, 0.2) is 50.8 Å². The van der Waals surface area contributed by atoms with Crippen LogP contribution in [0.1, 0.15) is 30.0 Å². The van der Waals surface area contributed by atoms with Crippen molar-refractivity contribution in [3.05, 3.63) is 59.0 Å². The van der Waals surface area contributed by atoms with E-state index in [-0.39, 0.29) is 18.3 Å². The molecule has 0 radical (unpaired) electrons. The minimum atomic E-state index is -0.621. The highest BCUT2D eigenvalue weighted by Gasteiger charge is 2.20. The van der Waals surface area contributed by atoms with Gasteiger partial charge in [0.1, 0.15) is 5.58 Å². The van der Waals surface area contributed by atoms with Crippen LogP contribution in [0.3, 0.4) is 0 Å². The Bertz CT molecular complexity index is 1050. The van der Waals surface area contributed by atoms with Crippen LogP contribution in [0.5, 0.6) is 0 Å². The molecular formula is C19H16N2O4S. The maximum Gasteiger partial charge on any atom is 0.311 e. The summed E-state index contributed by atoms with van der Waals surface area (Å²) in [4.78, 5) is 13.2. The highest BCUT2D eigenvalue weighted by Crippen LogP contribution is 2.27. The third kappa shape index (κ3) is 3.25. The predicted molar refractivity (Wildman–Crippen MR) is 96.8 cm³/mol. The van der Waals surface area contributed by atoms with Crippen molar-refractivity contribution in [2.45, 2.75) is 26.4 Å². The summed E-state index contributed by atoms with van der Waals surface area (Å²) in [6.07, 6.45) is 1.09. The number of hydrogen-bond acceptors (Lipinski definition) is 7. The molecule has 0 saturated heterocycles. The van der Waals surface area contributed by atoms with Gasteiger partial charge in [0.15, 0.2) is 6.10 Å². The molecule has 0 bridgehead atoms. The Balaban J connectivity index is 1.44. The van der Waals surface area contributed by atoms with Crippen LogP contribution in [0, 0.1) is 6.92 Å². The molecule has 0 aliphatic rings. The minimum Gasteiger partial charge on any atom is -0.464 e. The summed E-state index contributed by atoms with van der Waals surface area (Å²) in [7, 11) is 0. The van der Waals surface area contributed by atoms with Gasteiger partial charge in [0.2, 0.25) is 0 Å². The largest absolute Gasteiger partial charge is 0.464 e. The van der Waals surface area contributed by atoms with E-state index in [0.717, 1.165) is 27.0 Å². The van der Waals surface area contributed by atoms with Gasteiger partial charge in [-0.2, -0.15) is 0 Å². The number of rotatable bonds is 5. The number of aromatic nitrogens is 2. The van der Waals surface area contributed by atoms with Crippen LogP contribution < -0.4 is 0 Å². The number of esters is 1. The van der Waals surface area contributed by atoms with E-state index in [9.17, 15) is 4.79 Å². The Morgan fingerprint density at radius 2 is 2.19 bits per heavy atom. The van der Waals surface area contributed by atoms with Crippen LogP contribution in [0.2, 0.25) is 0 Å². The zero-order valence-electron chi connectivity index (χ0n) is 14.3. The SMILES string of the molecule is Cc1ccc2c(CC(=O)O[C@@H](C)c3nnc(-c4cccs4)o3)coc2c1. The van der Waals surface area contributed by atoms with Crippen molar-refractivity contribution in [1.82, 2.24) is 10.2 Å². The van der Waals surface area contributed by atoms with Gasteiger partial charge < -0.3 is 13.6 Å². The van der Waals surface area contributed by atoms with Gasteiger partial charge >= 0.3 is 5.97 Å². The molecule has 0 unspecified atom stereocenters. The van der Waals surface area contributed by atoms with Crippen molar-refractivity contribution < 1.29 is 18.4 Å². The number of furan rings is 1. The highest BCUT2D eigenvalue weighted by molar-refractivity contribution is 7.13. The van der Waals surface area contributed by atoms with Gasteiger partial charge in [0, 0.05) is 10.9 Å². The summed E-state index contributed by atoms with van der Waals surface area (Å²) in [5, 5.41) is 10.8. The number of aryl methyl sites for hydroxylation is 1. The summed E-state index contributed by atoms with van der Waals surface area (Å²) >= 11 is 1.51. The number of ether oxygens (including phenoxy) is 1. The molecule has 0 amide bonds. The molecule has 26 heavy (non-hydrogen) atoms. The van der Waals surface area contributed by atoms with Gasteiger partial charge in [-0.15, -0.1) is 21.5 Å². The zero-order valence-corrected chi connectivity index (χ0v) is 15.1. The van der Waals surface area contributed by atoms with Crippen LogP contribution in [0.4, 0.5) is 0 Å². The quantitative estimate of drug-likeness (QED) is 0.475. The molecule has 3 heterocycles. The van der Waals surface area contributed by atoms with E-state index in [2.05, 4.69) is 10.2 Å². The molecule has 7 heteroatoms. The van der Waals surface area contributed by atoms with Crippen LogP contribution in [-0.2, 0) is 16.0 Å². The molecule has 0 spiro atoms. The Kier molecular flexibility index (Phi) is 4.30. The fourth-order valence-electron chi connectivity index (χ4n) is 2.67. The average Bonchev–Trinajstić information content (AvgIpc) is 3.35. The lowest BCUT2D eigenvalue weighted by molar-refractivity contribution is -0.148. The molecule has 0 N–H and O–H groups in total. The van der Waals surface area contributed by atoms with Crippen molar-refractivity contribution >= 4 is 28.3 Å². The number of carbonyl (C=O) groups excluding carboxylic acids is 1. The van der Waals surface area contributed by atoms with Crippen molar-refractivity contribution in [2.24, 2.45) is 0 Å². The van der Waals surface area contributed by atoms with Crippen molar-refractivity contribution in [3.8, 4) is 10.8 Å². The number of fused-ring (bicyclic) bond motifs is 1. The van der Waals surface area contributed by atoms with E-state index in [1.807, 2.05) is 42.6 Å². The van der Waals surface area contributed by atoms with Gasteiger partial charge in [-0.3, -0.25) is 4.79 Å². The van der Waals surface area contributed by atoms with E-state index in [1.165, 1.54) is 11.3 Å². The summed E-state index contributed by atoms with van der Waals surface area (Å²) in [5.41, 5.74) is 2.66. The van der Waals surface area contributed by atoms with E-state index >= 15 is 0 Å². The summed E-state index contributed by atoms with van der Waals surface area (Å²) in [6.45, 7) is 3.70. The molecule has 3 aromatic heterocycles. The Morgan fingerprint density at radius 3 is 3.00 bits per heavy atom. The summed E-state index contributed by atoms with van der Waals surface area (Å²) in [6, 6.07) is 9.68. The maximum atomic E-state index is 12.3. The van der Waals surface area contributed by atoms with Crippen LogP contribution in [0.25, 0.3) is 21.7 Å².